The zero-order chi connectivity index (χ0) is 21.4. The normalized spacial score (nSPS) is 19.3. The molecule has 0 spiro atoms. The van der Waals surface area contributed by atoms with Crippen LogP contribution in [0.15, 0.2) is 30.5 Å². The summed E-state index contributed by atoms with van der Waals surface area (Å²) < 4.78 is 0. The van der Waals surface area contributed by atoms with E-state index in [-0.39, 0.29) is 11.8 Å². The highest BCUT2D eigenvalue weighted by atomic mass is 16.2. The van der Waals surface area contributed by atoms with Crippen LogP contribution >= 0.6 is 0 Å². The molecule has 1 fully saturated rings. The minimum Gasteiger partial charge on any atom is -0.361 e. The Morgan fingerprint density at radius 2 is 2.10 bits per heavy atom. The topological polar surface area (TPSA) is 124 Å². The van der Waals surface area contributed by atoms with Gasteiger partial charge in [-0.25, -0.2) is 4.79 Å². The van der Waals surface area contributed by atoms with Crippen molar-refractivity contribution in [3.63, 3.8) is 0 Å². The van der Waals surface area contributed by atoms with Crippen molar-refractivity contribution in [1.29, 1.82) is 0 Å². The van der Waals surface area contributed by atoms with Crippen LogP contribution in [-0.4, -0.2) is 65.9 Å². The molecule has 0 unspecified atom stereocenters. The van der Waals surface area contributed by atoms with Gasteiger partial charge in [-0.3, -0.25) is 9.59 Å². The minimum atomic E-state index is -0.677. The van der Waals surface area contributed by atoms with E-state index in [0.29, 0.717) is 46.4 Å². The molecule has 2 aromatic rings. The summed E-state index contributed by atoms with van der Waals surface area (Å²) in [6.07, 6.45) is 4.31. The maximum atomic E-state index is 12.8. The third kappa shape index (κ3) is 3.79. The molecule has 0 bridgehead atoms. The van der Waals surface area contributed by atoms with Crippen molar-refractivity contribution in [2.45, 2.75) is 12.5 Å². The van der Waals surface area contributed by atoms with Crippen molar-refractivity contribution in [3.8, 4) is 0 Å². The Morgan fingerprint density at radius 1 is 1.30 bits per heavy atom. The lowest BCUT2D eigenvalue weighted by Crippen LogP contribution is -2.34. The summed E-state index contributed by atoms with van der Waals surface area (Å²) in [5.74, 6) is -0.276. The van der Waals surface area contributed by atoms with Gasteiger partial charge in [0.05, 0.1) is 11.1 Å². The third-order valence-electron chi connectivity index (χ3n) is 5.50. The molecule has 9 heteroatoms. The van der Waals surface area contributed by atoms with E-state index in [1.165, 1.54) is 0 Å². The number of aromatic nitrogens is 1. The fourth-order valence-electron chi connectivity index (χ4n) is 3.86. The van der Waals surface area contributed by atoms with Crippen LogP contribution in [0.2, 0.25) is 0 Å². The van der Waals surface area contributed by atoms with E-state index in [1.807, 2.05) is 19.0 Å². The lowest BCUT2D eigenvalue weighted by Gasteiger charge is -2.20. The van der Waals surface area contributed by atoms with Crippen LogP contribution in [0.1, 0.15) is 28.0 Å². The third-order valence-corrected chi connectivity index (χ3v) is 5.50. The molecule has 0 aliphatic carbocycles. The molecule has 156 valence electrons. The number of likely N-dealkylation sites (tertiary alicyclic amines) is 1. The lowest BCUT2D eigenvalue weighted by atomic mass is 10.0. The van der Waals surface area contributed by atoms with Crippen LogP contribution < -0.4 is 16.4 Å². The van der Waals surface area contributed by atoms with Gasteiger partial charge in [0.2, 0.25) is 0 Å². The number of rotatable bonds is 4. The summed E-state index contributed by atoms with van der Waals surface area (Å²) in [6.45, 7) is 1.44. The first kappa shape index (κ1) is 19.7. The maximum absolute atomic E-state index is 12.8. The van der Waals surface area contributed by atoms with Gasteiger partial charge in [0.25, 0.3) is 11.8 Å². The number of primary amides is 1. The van der Waals surface area contributed by atoms with Crippen molar-refractivity contribution < 1.29 is 14.4 Å². The number of amides is 4. The Balaban J connectivity index is 1.56. The number of benzene rings is 1. The number of aromatic amines is 1. The SMILES string of the molecule is CN(C)[C@H]1CCN(C(=O)c2c[nH]c(/C=C3\C(=O)Nc4ccc(NC(N)=O)cc43)c2)C1. The predicted octanol–water partition coefficient (Wildman–Crippen LogP) is 1.77. The Labute approximate surface area is 173 Å². The summed E-state index contributed by atoms with van der Waals surface area (Å²) in [5, 5.41) is 5.30. The highest BCUT2D eigenvalue weighted by Gasteiger charge is 2.29. The second kappa shape index (κ2) is 7.68. The van der Waals surface area contributed by atoms with Crippen LogP contribution in [0, 0.1) is 0 Å². The molecule has 9 nitrogen and oxygen atoms in total. The van der Waals surface area contributed by atoms with E-state index in [2.05, 4.69) is 20.5 Å². The Bertz CT molecular complexity index is 1050. The van der Waals surface area contributed by atoms with Crippen molar-refractivity contribution >= 4 is 40.9 Å². The van der Waals surface area contributed by atoms with E-state index in [1.54, 1.807) is 36.5 Å². The van der Waals surface area contributed by atoms with Crippen molar-refractivity contribution in [2.24, 2.45) is 5.73 Å². The summed E-state index contributed by atoms with van der Waals surface area (Å²) >= 11 is 0. The number of carbonyl (C=O) groups is 3. The average Bonchev–Trinajstić information content (AvgIpc) is 3.41. The number of nitrogens with zero attached hydrogens (tertiary/aromatic N) is 2. The predicted molar refractivity (Wildman–Crippen MR) is 115 cm³/mol. The van der Waals surface area contributed by atoms with Gasteiger partial charge in [0.1, 0.15) is 0 Å². The molecule has 0 saturated carbocycles. The number of nitrogens with one attached hydrogen (secondary N) is 3. The van der Waals surface area contributed by atoms with Gasteiger partial charge in [0, 0.05) is 48.0 Å². The molecule has 1 aromatic carbocycles. The minimum absolute atomic E-state index is 0.0236. The first-order valence-corrected chi connectivity index (χ1v) is 9.70. The van der Waals surface area contributed by atoms with E-state index in [9.17, 15) is 14.4 Å². The van der Waals surface area contributed by atoms with Crippen LogP contribution in [0.5, 0.6) is 0 Å². The summed E-state index contributed by atoms with van der Waals surface area (Å²) in [4.78, 5) is 43.4. The standard InChI is InChI=1S/C21H24N6O3/c1-26(2)15-5-6-27(11-15)20(29)12-7-14(23-10-12)9-17-16-8-13(24-21(22)30)3-4-18(16)25-19(17)28/h3-4,7-10,15,23H,5-6,11H2,1-2H3,(H,25,28)(H3,22,24,30)/b17-9-/t15-/m0/s1. The lowest BCUT2D eigenvalue weighted by molar-refractivity contribution is -0.110. The summed E-state index contributed by atoms with van der Waals surface area (Å²) in [5.41, 5.74) is 8.62. The average molecular weight is 408 g/mol. The number of anilines is 2. The highest BCUT2D eigenvalue weighted by Crippen LogP contribution is 2.35. The molecule has 1 aromatic heterocycles. The molecule has 2 aliphatic heterocycles. The second-order valence-electron chi connectivity index (χ2n) is 7.76. The summed E-state index contributed by atoms with van der Waals surface area (Å²) in [6, 6.07) is 6.49. The highest BCUT2D eigenvalue weighted by molar-refractivity contribution is 6.35. The Kier molecular flexibility index (Phi) is 5.04. The summed E-state index contributed by atoms with van der Waals surface area (Å²) in [7, 11) is 4.04. The number of hydrogen-bond acceptors (Lipinski definition) is 4. The van der Waals surface area contributed by atoms with Gasteiger partial charge < -0.3 is 31.2 Å². The largest absolute Gasteiger partial charge is 0.361 e. The van der Waals surface area contributed by atoms with Gasteiger partial charge in [-0.15, -0.1) is 0 Å². The van der Waals surface area contributed by atoms with Gasteiger partial charge in [0.15, 0.2) is 0 Å². The monoisotopic (exact) mass is 408 g/mol. The van der Waals surface area contributed by atoms with E-state index in [4.69, 9.17) is 5.73 Å². The Hall–Kier alpha value is -3.59. The molecule has 0 radical (unpaired) electrons. The fourth-order valence-corrected chi connectivity index (χ4v) is 3.86. The zero-order valence-corrected chi connectivity index (χ0v) is 16.9. The first-order valence-electron chi connectivity index (χ1n) is 9.70. The van der Waals surface area contributed by atoms with E-state index >= 15 is 0 Å². The molecule has 2 aliphatic rings. The smallest absolute Gasteiger partial charge is 0.316 e. The number of likely N-dealkylation sites (N-methyl/N-ethyl adjacent to an activating group) is 1. The van der Waals surface area contributed by atoms with Gasteiger partial charge in [-0.1, -0.05) is 0 Å². The molecular formula is C21H24N6O3. The maximum Gasteiger partial charge on any atom is 0.316 e. The van der Waals surface area contributed by atoms with E-state index < -0.39 is 6.03 Å². The number of urea groups is 1. The molecule has 1 atom stereocenters. The molecule has 4 amide bonds. The van der Waals surface area contributed by atoms with Crippen molar-refractivity contribution in [3.05, 3.63) is 47.3 Å². The van der Waals surface area contributed by atoms with Gasteiger partial charge in [-0.2, -0.15) is 0 Å². The molecule has 4 rings (SSSR count). The number of nitrogens with two attached hydrogens (primary N) is 1. The molecule has 1 saturated heterocycles. The molecule has 3 heterocycles. The number of carbonyl (C=O) groups excluding carboxylic acids is 3. The molecular weight excluding hydrogens is 384 g/mol. The molecule has 30 heavy (non-hydrogen) atoms. The van der Waals surface area contributed by atoms with Crippen molar-refractivity contribution in [2.75, 3.05) is 37.8 Å². The quantitative estimate of drug-likeness (QED) is 0.576. The van der Waals surface area contributed by atoms with E-state index in [0.717, 1.165) is 13.0 Å². The van der Waals surface area contributed by atoms with Crippen LogP contribution in [0.4, 0.5) is 16.2 Å². The van der Waals surface area contributed by atoms with Crippen molar-refractivity contribution in [1.82, 2.24) is 14.8 Å². The number of H-pyrrole nitrogens is 1. The van der Waals surface area contributed by atoms with Crippen LogP contribution in [-0.2, 0) is 4.79 Å². The Morgan fingerprint density at radius 3 is 2.80 bits per heavy atom. The number of fused-ring (bicyclic) bond motifs is 1. The first-order chi connectivity index (χ1) is 14.3. The number of hydrogen-bond donors (Lipinski definition) is 4. The van der Waals surface area contributed by atoms with Crippen LogP contribution in [0.25, 0.3) is 11.6 Å². The van der Waals surface area contributed by atoms with Gasteiger partial charge >= 0.3 is 6.03 Å². The molecule has 5 N–H and O–H groups in total. The fraction of sp³-hybridized carbons (Fsp3) is 0.286. The second-order valence-corrected chi connectivity index (χ2v) is 7.76. The van der Waals surface area contributed by atoms with Crippen LogP contribution in [0.3, 0.4) is 0 Å². The zero-order valence-electron chi connectivity index (χ0n) is 16.9. The van der Waals surface area contributed by atoms with Gasteiger partial charge in [-0.05, 0) is 50.9 Å².